The number of hydrogen-bond donors (Lipinski definition) is 1. The topological polar surface area (TPSA) is 73.2 Å². The minimum absolute atomic E-state index is 0.0728. The molecule has 0 aliphatic carbocycles. The van der Waals surface area contributed by atoms with Gasteiger partial charge in [-0.25, -0.2) is 4.98 Å². The number of carbonyl (C=O) groups excluding carboxylic acids is 2. The summed E-state index contributed by atoms with van der Waals surface area (Å²) >= 11 is 0. The van der Waals surface area contributed by atoms with Crippen LogP contribution >= 0.6 is 0 Å². The van der Waals surface area contributed by atoms with Gasteiger partial charge in [0.25, 0.3) is 0 Å². The maximum Gasteiger partial charge on any atom is 0.325 e. The summed E-state index contributed by atoms with van der Waals surface area (Å²) < 4.78 is 6.47. The summed E-state index contributed by atoms with van der Waals surface area (Å²) in [5, 5.41) is 2.48. The molecule has 0 saturated carbocycles. The van der Waals surface area contributed by atoms with Crippen LogP contribution in [0.3, 0.4) is 0 Å². The van der Waals surface area contributed by atoms with Crippen molar-refractivity contribution in [2.45, 2.75) is 19.9 Å². The summed E-state index contributed by atoms with van der Waals surface area (Å²) in [5.74, 6) is -0.597. The summed E-state index contributed by atoms with van der Waals surface area (Å²) in [4.78, 5) is 26.1. The molecule has 0 aliphatic rings. The number of carbonyl (C=O) groups is 2. The Bertz CT molecular complexity index is 335. The first-order chi connectivity index (χ1) is 7.72. The molecule has 0 fully saturated rings. The number of nitrogens with one attached hydrogen (secondary N) is 1. The fourth-order valence-corrected chi connectivity index (χ4v) is 1.12. The highest BCUT2D eigenvalue weighted by Gasteiger charge is 2.05. The lowest BCUT2D eigenvalue weighted by molar-refractivity contribution is -0.143. The molecule has 16 heavy (non-hydrogen) atoms. The van der Waals surface area contributed by atoms with E-state index in [-0.39, 0.29) is 12.5 Å². The summed E-state index contributed by atoms with van der Waals surface area (Å²) in [6, 6.07) is 0. The second-order valence-electron chi connectivity index (χ2n) is 3.13. The van der Waals surface area contributed by atoms with E-state index in [0.717, 1.165) is 0 Å². The molecule has 0 aromatic carbocycles. The molecule has 0 bridgehead atoms. The summed E-state index contributed by atoms with van der Waals surface area (Å²) in [7, 11) is 0. The molecule has 88 valence electrons. The van der Waals surface area contributed by atoms with Gasteiger partial charge < -0.3 is 14.6 Å². The van der Waals surface area contributed by atoms with E-state index in [1.165, 1.54) is 0 Å². The van der Waals surface area contributed by atoms with Crippen molar-refractivity contribution in [1.82, 2.24) is 14.9 Å². The smallest absolute Gasteiger partial charge is 0.325 e. The van der Waals surface area contributed by atoms with Gasteiger partial charge in [0, 0.05) is 25.4 Å². The molecular formula is C10H15N3O3. The fourth-order valence-electron chi connectivity index (χ4n) is 1.12. The normalized spacial score (nSPS) is 9.81. The van der Waals surface area contributed by atoms with Crippen LogP contribution in [0, 0.1) is 0 Å². The Labute approximate surface area is 93.6 Å². The largest absolute Gasteiger partial charge is 0.465 e. The van der Waals surface area contributed by atoms with E-state index >= 15 is 0 Å². The molecular weight excluding hydrogens is 210 g/mol. The van der Waals surface area contributed by atoms with E-state index in [4.69, 9.17) is 0 Å². The number of nitrogens with zero attached hydrogens (tertiary/aromatic N) is 2. The van der Waals surface area contributed by atoms with Crippen molar-refractivity contribution in [3.8, 4) is 0 Å². The van der Waals surface area contributed by atoms with E-state index in [1.807, 2.05) is 0 Å². The predicted molar refractivity (Wildman–Crippen MR) is 56.5 cm³/mol. The zero-order chi connectivity index (χ0) is 11.8. The van der Waals surface area contributed by atoms with E-state index in [1.54, 1.807) is 30.2 Å². The molecule has 1 amide bonds. The standard InChI is InChI=1S/C10H15N3O3/c1-2-16-10(15)7-12-9(14)3-5-13-6-4-11-8-13/h4,6,8H,2-3,5,7H2,1H3,(H,12,14). The van der Waals surface area contributed by atoms with E-state index in [0.29, 0.717) is 19.6 Å². The van der Waals surface area contributed by atoms with Gasteiger partial charge in [-0.1, -0.05) is 0 Å². The Morgan fingerprint density at radius 3 is 2.94 bits per heavy atom. The molecule has 0 radical (unpaired) electrons. The van der Waals surface area contributed by atoms with Crippen LogP contribution < -0.4 is 5.32 Å². The minimum atomic E-state index is -0.418. The minimum Gasteiger partial charge on any atom is -0.465 e. The van der Waals surface area contributed by atoms with Crippen LogP contribution in [0.1, 0.15) is 13.3 Å². The molecule has 6 nitrogen and oxygen atoms in total. The van der Waals surface area contributed by atoms with Gasteiger partial charge in [0.1, 0.15) is 6.54 Å². The number of esters is 1. The Morgan fingerprint density at radius 2 is 2.31 bits per heavy atom. The number of ether oxygens (including phenoxy) is 1. The second kappa shape index (κ2) is 6.60. The second-order valence-corrected chi connectivity index (χ2v) is 3.13. The first-order valence-corrected chi connectivity index (χ1v) is 5.10. The molecule has 1 aromatic rings. The molecule has 6 heteroatoms. The summed E-state index contributed by atoms with van der Waals surface area (Å²) in [6.07, 6.45) is 5.38. The Morgan fingerprint density at radius 1 is 1.50 bits per heavy atom. The maximum absolute atomic E-state index is 11.3. The average Bonchev–Trinajstić information content (AvgIpc) is 2.77. The van der Waals surface area contributed by atoms with Crippen LogP contribution in [0.25, 0.3) is 0 Å². The van der Waals surface area contributed by atoms with Crippen molar-refractivity contribution >= 4 is 11.9 Å². The van der Waals surface area contributed by atoms with Crippen LogP contribution in [-0.4, -0.2) is 34.6 Å². The lowest BCUT2D eigenvalue weighted by Gasteiger charge is -2.05. The van der Waals surface area contributed by atoms with E-state index in [9.17, 15) is 9.59 Å². The lowest BCUT2D eigenvalue weighted by Crippen LogP contribution is -2.31. The van der Waals surface area contributed by atoms with Crippen molar-refractivity contribution in [1.29, 1.82) is 0 Å². The Balaban J connectivity index is 2.14. The first-order valence-electron chi connectivity index (χ1n) is 5.10. The highest BCUT2D eigenvalue weighted by molar-refractivity contribution is 5.81. The van der Waals surface area contributed by atoms with Crippen molar-refractivity contribution < 1.29 is 14.3 Å². The van der Waals surface area contributed by atoms with Crippen LogP contribution in [-0.2, 0) is 20.9 Å². The van der Waals surface area contributed by atoms with Crippen molar-refractivity contribution in [2.75, 3.05) is 13.2 Å². The zero-order valence-electron chi connectivity index (χ0n) is 9.18. The Hall–Kier alpha value is -1.85. The molecule has 0 atom stereocenters. The number of amides is 1. The van der Waals surface area contributed by atoms with Gasteiger partial charge in [0.15, 0.2) is 0 Å². The van der Waals surface area contributed by atoms with Gasteiger partial charge in [0.05, 0.1) is 12.9 Å². The summed E-state index contributed by atoms with van der Waals surface area (Å²) in [5.41, 5.74) is 0. The van der Waals surface area contributed by atoms with E-state index < -0.39 is 5.97 Å². The van der Waals surface area contributed by atoms with Crippen LogP contribution in [0.4, 0.5) is 0 Å². The van der Waals surface area contributed by atoms with Gasteiger partial charge >= 0.3 is 5.97 Å². The van der Waals surface area contributed by atoms with Gasteiger partial charge in [-0.3, -0.25) is 9.59 Å². The number of aromatic nitrogens is 2. The SMILES string of the molecule is CCOC(=O)CNC(=O)CCn1ccnc1. The molecule has 0 unspecified atom stereocenters. The van der Waals surface area contributed by atoms with Crippen LogP contribution in [0.2, 0.25) is 0 Å². The van der Waals surface area contributed by atoms with Gasteiger partial charge in [-0.2, -0.15) is 0 Å². The third kappa shape index (κ3) is 4.59. The maximum atomic E-state index is 11.3. The summed E-state index contributed by atoms with van der Waals surface area (Å²) in [6.45, 7) is 2.52. The number of rotatable bonds is 6. The van der Waals surface area contributed by atoms with Gasteiger partial charge in [-0.05, 0) is 6.92 Å². The fraction of sp³-hybridized carbons (Fsp3) is 0.500. The quantitative estimate of drug-likeness (QED) is 0.689. The number of hydrogen-bond acceptors (Lipinski definition) is 4. The third-order valence-electron chi connectivity index (χ3n) is 1.89. The van der Waals surface area contributed by atoms with Gasteiger partial charge in [0.2, 0.25) is 5.91 Å². The molecule has 1 aromatic heterocycles. The van der Waals surface area contributed by atoms with Crippen LogP contribution in [0.5, 0.6) is 0 Å². The van der Waals surface area contributed by atoms with Crippen molar-refractivity contribution in [2.24, 2.45) is 0 Å². The molecule has 0 saturated heterocycles. The predicted octanol–water partition coefficient (Wildman–Crippen LogP) is -0.0475. The first kappa shape index (κ1) is 12.2. The highest BCUT2D eigenvalue weighted by Crippen LogP contribution is 1.90. The highest BCUT2D eigenvalue weighted by atomic mass is 16.5. The van der Waals surface area contributed by atoms with Crippen LogP contribution in [0.15, 0.2) is 18.7 Å². The molecule has 1 N–H and O–H groups in total. The monoisotopic (exact) mass is 225 g/mol. The van der Waals surface area contributed by atoms with Crippen molar-refractivity contribution in [3.63, 3.8) is 0 Å². The molecule has 1 heterocycles. The molecule has 0 aliphatic heterocycles. The number of aryl methyl sites for hydroxylation is 1. The average molecular weight is 225 g/mol. The Kier molecular flexibility index (Phi) is 5.04. The zero-order valence-corrected chi connectivity index (χ0v) is 9.18. The lowest BCUT2D eigenvalue weighted by atomic mass is 10.4. The van der Waals surface area contributed by atoms with Crippen molar-refractivity contribution in [3.05, 3.63) is 18.7 Å². The van der Waals surface area contributed by atoms with E-state index in [2.05, 4.69) is 15.0 Å². The van der Waals surface area contributed by atoms with Gasteiger partial charge in [-0.15, -0.1) is 0 Å². The molecule has 1 rings (SSSR count). The number of imidazole rings is 1. The molecule has 0 spiro atoms. The third-order valence-corrected chi connectivity index (χ3v) is 1.89.